The molecule has 0 spiro atoms. The fraction of sp³-hybridized carbons (Fsp3) is 0.900. The summed E-state index contributed by atoms with van der Waals surface area (Å²) in [5.41, 5.74) is 0. The van der Waals surface area contributed by atoms with Crippen LogP contribution in [0.1, 0.15) is 12.8 Å². The van der Waals surface area contributed by atoms with E-state index in [9.17, 15) is 4.79 Å². The van der Waals surface area contributed by atoms with Gasteiger partial charge >= 0.3 is 0 Å². The van der Waals surface area contributed by atoms with Crippen LogP contribution in [0, 0.1) is 0 Å². The Balaban J connectivity index is 2.31. The predicted octanol–water partition coefficient (Wildman–Crippen LogP) is 1.03. The van der Waals surface area contributed by atoms with Crippen molar-refractivity contribution in [2.45, 2.75) is 23.8 Å². The van der Waals surface area contributed by atoms with Gasteiger partial charge in [0, 0.05) is 27.3 Å². The minimum absolute atomic E-state index is 0.0769. The Morgan fingerprint density at radius 3 is 3.00 bits per heavy atom. The van der Waals surface area contributed by atoms with Crippen LogP contribution < -0.4 is 0 Å². The molecule has 2 unspecified atom stereocenters. The molecule has 0 radical (unpaired) electrons. The highest BCUT2D eigenvalue weighted by Crippen LogP contribution is 2.15. The number of alkyl halides is 1. The van der Waals surface area contributed by atoms with Crippen molar-refractivity contribution in [2.24, 2.45) is 0 Å². The number of carbonyl (C=O) groups excluding carboxylic acids is 1. The lowest BCUT2D eigenvalue weighted by atomic mass is 10.2. The largest absolute Gasteiger partial charge is 0.383 e. The van der Waals surface area contributed by atoms with E-state index >= 15 is 0 Å². The fourth-order valence-electron chi connectivity index (χ4n) is 1.64. The van der Waals surface area contributed by atoms with Gasteiger partial charge in [0.15, 0.2) is 0 Å². The van der Waals surface area contributed by atoms with Crippen molar-refractivity contribution < 1.29 is 14.3 Å². The van der Waals surface area contributed by atoms with Crippen LogP contribution in [0.5, 0.6) is 0 Å². The molecule has 0 saturated carbocycles. The van der Waals surface area contributed by atoms with E-state index in [-0.39, 0.29) is 16.8 Å². The van der Waals surface area contributed by atoms with Crippen molar-refractivity contribution in [1.29, 1.82) is 0 Å². The standard InChI is InChI=1S/C10H18BrNO3/c1-12(6-8(11)7-14-2)10(13)9-4-3-5-15-9/h8-9H,3-7H2,1-2H3. The van der Waals surface area contributed by atoms with E-state index in [1.807, 2.05) is 0 Å². The lowest BCUT2D eigenvalue weighted by Gasteiger charge is -2.22. The number of hydrogen-bond acceptors (Lipinski definition) is 3. The zero-order valence-corrected chi connectivity index (χ0v) is 10.8. The number of nitrogens with zero attached hydrogens (tertiary/aromatic N) is 1. The minimum atomic E-state index is -0.225. The molecule has 1 amide bonds. The zero-order valence-electron chi connectivity index (χ0n) is 9.24. The first-order valence-electron chi connectivity index (χ1n) is 5.14. The Hall–Kier alpha value is -0.130. The molecule has 1 fully saturated rings. The molecule has 1 saturated heterocycles. The van der Waals surface area contributed by atoms with Gasteiger partial charge in [0.1, 0.15) is 6.10 Å². The summed E-state index contributed by atoms with van der Waals surface area (Å²) >= 11 is 3.46. The summed E-state index contributed by atoms with van der Waals surface area (Å²) in [6, 6.07) is 0. The highest BCUT2D eigenvalue weighted by atomic mass is 79.9. The molecule has 0 aromatic carbocycles. The molecule has 0 aliphatic carbocycles. The van der Waals surface area contributed by atoms with Gasteiger partial charge in [-0.05, 0) is 12.8 Å². The average Bonchev–Trinajstić information content (AvgIpc) is 2.69. The number of hydrogen-bond donors (Lipinski definition) is 0. The van der Waals surface area contributed by atoms with Gasteiger partial charge in [-0.2, -0.15) is 0 Å². The van der Waals surface area contributed by atoms with Gasteiger partial charge in [-0.1, -0.05) is 15.9 Å². The monoisotopic (exact) mass is 279 g/mol. The quantitative estimate of drug-likeness (QED) is 0.706. The molecule has 1 rings (SSSR count). The molecule has 0 bridgehead atoms. The summed E-state index contributed by atoms with van der Waals surface area (Å²) < 4.78 is 10.3. The van der Waals surface area contributed by atoms with Crippen LogP contribution >= 0.6 is 15.9 Å². The first-order chi connectivity index (χ1) is 7.15. The molecule has 0 aromatic heterocycles. The molecular weight excluding hydrogens is 262 g/mol. The van der Waals surface area contributed by atoms with Crippen LogP contribution in [-0.2, 0) is 14.3 Å². The van der Waals surface area contributed by atoms with Crippen molar-refractivity contribution >= 4 is 21.8 Å². The summed E-state index contributed by atoms with van der Waals surface area (Å²) in [6.45, 7) is 1.95. The maximum absolute atomic E-state index is 11.8. The van der Waals surface area contributed by atoms with Gasteiger partial charge in [0.05, 0.1) is 11.4 Å². The molecule has 1 aliphatic rings. The SMILES string of the molecule is COCC(Br)CN(C)C(=O)C1CCCO1. The number of likely N-dealkylation sites (N-methyl/N-ethyl adjacent to an activating group) is 1. The summed E-state index contributed by atoms with van der Waals surface area (Å²) in [5.74, 6) is 0.0769. The second kappa shape index (κ2) is 6.45. The van der Waals surface area contributed by atoms with Crippen LogP contribution in [0.2, 0.25) is 0 Å². The highest BCUT2D eigenvalue weighted by Gasteiger charge is 2.27. The van der Waals surface area contributed by atoms with E-state index in [0.29, 0.717) is 19.8 Å². The van der Waals surface area contributed by atoms with Gasteiger partial charge in [-0.25, -0.2) is 0 Å². The van der Waals surface area contributed by atoms with E-state index in [1.54, 1.807) is 19.1 Å². The molecular formula is C10H18BrNO3. The maximum atomic E-state index is 11.8. The van der Waals surface area contributed by atoms with Crippen molar-refractivity contribution in [3.63, 3.8) is 0 Å². The van der Waals surface area contributed by atoms with E-state index < -0.39 is 0 Å². The van der Waals surface area contributed by atoms with Gasteiger partial charge in [-0.3, -0.25) is 4.79 Å². The molecule has 0 aromatic rings. The second-order valence-corrected chi connectivity index (χ2v) is 5.07. The van der Waals surface area contributed by atoms with Crippen LogP contribution in [0.3, 0.4) is 0 Å². The summed E-state index contributed by atoms with van der Waals surface area (Å²) in [5, 5.41) is 0. The van der Waals surface area contributed by atoms with E-state index in [2.05, 4.69) is 15.9 Å². The molecule has 88 valence electrons. The Labute approximate surface area is 99.0 Å². The zero-order chi connectivity index (χ0) is 11.3. The van der Waals surface area contributed by atoms with Gasteiger partial charge < -0.3 is 14.4 Å². The molecule has 4 nitrogen and oxygen atoms in total. The minimum Gasteiger partial charge on any atom is -0.383 e. The second-order valence-electron chi connectivity index (χ2n) is 3.77. The Morgan fingerprint density at radius 1 is 1.73 bits per heavy atom. The lowest BCUT2D eigenvalue weighted by molar-refractivity contribution is -0.139. The first-order valence-corrected chi connectivity index (χ1v) is 6.06. The Bertz CT molecular complexity index is 207. The van der Waals surface area contributed by atoms with Gasteiger partial charge in [-0.15, -0.1) is 0 Å². The first kappa shape index (κ1) is 12.9. The third-order valence-electron chi connectivity index (χ3n) is 2.40. The van der Waals surface area contributed by atoms with Crippen molar-refractivity contribution in [2.75, 3.05) is 33.9 Å². The normalized spacial score (nSPS) is 22.7. The Kier molecular flexibility index (Phi) is 5.56. The summed E-state index contributed by atoms with van der Waals surface area (Å²) in [4.78, 5) is 13.7. The fourth-order valence-corrected chi connectivity index (χ4v) is 2.34. The van der Waals surface area contributed by atoms with Crippen molar-refractivity contribution in [1.82, 2.24) is 4.90 Å². The number of amides is 1. The van der Waals surface area contributed by atoms with E-state index in [0.717, 1.165) is 12.8 Å². The highest BCUT2D eigenvalue weighted by molar-refractivity contribution is 9.09. The van der Waals surface area contributed by atoms with Gasteiger partial charge in [0.2, 0.25) is 0 Å². The van der Waals surface area contributed by atoms with Crippen LogP contribution in [0.15, 0.2) is 0 Å². The molecule has 5 heteroatoms. The maximum Gasteiger partial charge on any atom is 0.251 e. The Morgan fingerprint density at radius 2 is 2.47 bits per heavy atom. The molecule has 0 N–H and O–H groups in total. The molecule has 1 heterocycles. The van der Waals surface area contributed by atoms with Gasteiger partial charge in [0.25, 0.3) is 5.91 Å². The van der Waals surface area contributed by atoms with Crippen LogP contribution in [0.4, 0.5) is 0 Å². The molecule has 15 heavy (non-hydrogen) atoms. The van der Waals surface area contributed by atoms with E-state index in [1.165, 1.54) is 0 Å². The molecule has 2 atom stereocenters. The number of halogens is 1. The van der Waals surface area contributed by atoms with Crippen LogP contribution in [-0.4, -0.2) is 55.7 Å². The van der Waals surface area contributed by atoms with Crippen molar-refractivity contribution in [3.05, 3.63) is 0 Å². The number of methoxy groups -OCH3 is 1. The number of carbonyl (C=O) groups is 1. The predicted molar refractivity (Wildman–Crippen MR) is 61.2 cm³/mol. The number of rotatable bonds is 5. The van der Waals surface area contributed by atoms with E-state index in [4.69, 9.17) is 9.47 Å². The summed E-state index contributed by atoms with van der Waals surface area (Å²) in [7, 11) is 3.45. The number of ether oxygens (including phenoxy) is 2. The summed E-state index contributed by atoms with van der Waals surface area (Å²) in [6.07, 6.45) is 1.61. The smallest absolute Gasteiger partial charge is 0.251 e. The van der Waals surface area contributed by atoms with Crippen LogP contribution in [0.25, 0.3) is 0 Å². The molecule has 1 aliphatic heterocycles. The van der Waals surface area contributed by atoms with Crippen molar-refractivity contribution in [3.8, 4) is 0 Å². The average molecular weight is 280 g/mol. The third-order valence-corrected chi connectivity index (χ3v) is 2.95. The third kappa shape index (κ3) is 4.09. The lowest BCUT2D eigenvalue weighted by Crippen LogP contribution is -2.40. The topological polar surface area (TPSA) is 38.8 Å².